The Balaban J connectivity index is 1.99. The second-order valence-corrected chi connectivity index (χ2v) is 4.58. The minimum absolute atomic E-state index is 0.196. The fourth-order valence-electron chi connectivity index (χ4n) is 1.82. The standard InChI is InChI=1S/C15H20N4O2/c1-3-7-16-14-12(6-5-8-17-14)15(20)19-10-13-18-9-11(4-2)21-13/h5-6,8-9H,3-4,7,10H2,1-2H3,(H,16,17)(H,19,20). The van der Waals surface area contributed by atoms with Crippen LogP contribution < -0.4 is 10.6 Å². The van der Waals surface area contributed by atoms with Crippen LogP contribution in [0, 0.1) is 0 Å². The van der Waals surface area contributed by atoms with E-state index in [-0.39, 0.29) is 12.5 Å². The summed E-state index contributed by atoms with van der Waals surface area (Å²) in [6.07, 6.45) is 5.10. The Morgan fingerprint density at radius 2 is 2.19 bits per heavy atom. The van der Waals surface area contributed by atoms with Gasteiger partial charge in [-0.05, 0) is 18.6 Å². The highest BCUT2D eigenvalue weighted by Gasteiger charge is 2.12. The molecule has 0 saturated heterocycles. The molecule has 2 aromatic heterocycles. The van der Waals surface area contributed by atoms with Crippen LogP contribution >= 0.6 is 0 Å². The number of nitrogens with zero attached hydrogens (tertiary/aromatic N) is 2. The van der Waals surface area contributed by atoms with Crippen molar-refractivity contribution in [2.45, 2.75) is 33.2 Å². The van der Waals surface area contributed by atoms with Crippen LogP contribution in [0.3, 0.4) is 0 Å². The van der Waals surface area contributed by atoms with Crippen LogP contribution in [0.25, 0.3) is 0 Å². The predicted molar refractivity (Wildman–Crippen MR) is 80.1 cm³/mol. The number of aryl methyl sites for hydroxylation is 1. The Morgan fingerprint density at radius 3 is 2.90 bits per heavy atom. The van der Waals surface area contributed by atoms with Crippen LogP contribution in [0.15, 0.2) is 28.9 Å². The second kappa shape index (κ2) is 7.42. The number of anilines is 1. The van der Waals surface area contributed by atoms with Crippen molar-refractivity contribution in [3.05, 3.63) is 41.7 Å². The molecule has 0 saturated carbocycles. The van der Waals surface area contributed by atoms with E-state index in [0.29, 0.717) is 17.3 Å². The monoisotopic (exact) mass is 288 g/mol. The SMILES string of the molecule is CCCNc1ncccc1C(=O)NCc1ncc(CC)o1. The van der Waals surface area contributed by atoms with Gasteiger partial charge >= 0.3 is 0 Å². The first-order chi connectivity index (χ1) is 10.2. The number of pyridine rings is 1. The lowest BCUT2D eigenvalue weighted by atomic mass is 10.2. The smallest absolute Gasteiger partial charge is 0.255 e. The van der Waals surface area contributed by atoms with Crippen LogP contribution in [0.5, 0.6) is 0 Å². The first kappa shape index (κ1) is 15.0. The third-order valence-corrected chi connectivity index (χ3v) is 2.94. The topological polar surface area (TPSA) is 80.0 Å². The van der Waals surface area contributed by atoms with Gasteiger partial charge in [0.25, 0.3) is 5.91 Å². The highest BCUT2D eigenvalue weighted by Crippen LogP contribution is 2.12. The van der Waals surface area contributed by atoms with Crippen LogP contribution in [-0.4, -0.2) is 22.4 Å². The van der Waals surface area contributed by atoms with E-state index >= 15 is 0 Å². The van der Waals surface area contributed by atoms with Gasteiger partial charge in [-0.2, -0.15) is 0 Å². The summed E-state index contributed by atoms with van der Waals surface area (Å²) in [6, 6.07) is 3.49. The molecular formula is C15H20N4O2. The van der Waals surface area contributed by atoms with Gasteiger partial charge in [-0.15, -0.1) is 0 Å². The first-order valence-electron chi connectivity index (χ1n) is 7.15. The van der Waals surface area contributed by atoms with E-state index in [1.54, 1.807) is 24.5 Å². The number of rotatable bonds is 7. The minimum atomic E-state index is -0.196. The molecule has 0 aliphatic rings. The Kier molecular flexibility index (Phi) is 5.31. The molecule has 0 aliphatic carbocycles. The zero-order valence-electron chi connectivity index (χ0n) is 12.3. The molecule has 6 heteroatoms. The summed E-state index contributed by atoms with van der Waals surface area (Å²) in [5.74, 6) is 1.72. The molecule has 2 rings (SSSR count). The molecule has 2 aromatic rings. The lowest BCUT2D eigenvalue weighted by Gasteiger charge is -2.09. The number of amides is 1. The molecule has 0 fully saturated rings. The van der Waals surface area contributed by atoms with Crippen molar-refractivity contribution in [1.29, 1.82) is 0 Å². The number of oxazole rings is 1. The van der Waals surface area contributed by atoms with Crippen molar-refractivity contribution in [3.8, 4) is 0 Å². The fraction of sp³-hybridized carbons (Fsp3) is 0.400. The van der Waals surface area contributed by atoms with E-state index in [9.17, 15) is 4.79 Å². The summed E-state index contributed by atoms with van der Waals surface area (Å²) in [6.45, 7) is 5.09. The molecule has 0 aromatic carbocycles. The Bertz CT molecular complexity index is 595. The highest BCUT2D eigenvalue weighted by atomic mass is 16.4. The molecule has 0 aliphatic heterocycles. The van der Waals surface area contributed by atoms with Gasteiger partial charge < -0.3 is 15.1 Å². The molecule has 21 heavy (non-hydrogen) atoms. The third kappa shape index (κ3) is 4.05. The van der Waals surface area contributed by atoms with Crippen molar-refractivity contribution in [1.82, 2.24) is 15.3 Å². The van der Waals surface area contributed by atoms with Gasteiger partial charge in [-0.3, -0.25) is 4.79 Å². The average molecular weight is 288 g/mol. The van der Waals surface area contributed by atoms with E-state index in [1.165, 1.54) is 0 Å². The summed E-state index contributed by atoms with van der Waals surface area (Å²) in [5.41, 5.74) is 0.522. The number of hydrogen-bond donors (Lipinski definition) is 2. The quantitative estimate of drug-likeness (QED) is 0.817. The van der Waals surface area contributed by atoms with Gasteiger partial charge in [0.1, 0.15) is 11.6 Å². The molecule has 0 spiro atoms. The van der Waals surface area contributed by atoms with Crippen LogP contribution in [0.4, 0.5) is 5.82 Å². The molecule has 2 N–H and O–H groups in total. The largest absolute Gasteiger partial charge is 0.444 e. The van der Waals surface area contributed by atoms with E-state index in [4.69, 9.17) is 4.42 Å². The van der Waals surface area contributed by atoms with Gasteiger partial charge in [-0.1, -0.05) is 13.8 Å². The summed E-state index contributed by atoms with van der Waals surface area (Å²) in [7, 11) is 0. The second-order valence-electron chi connectivity index (χ2n) is 4.58. The summed E-state index contributed by atoms with van der Waals surface area (Å²) in [5, 5.41) is 5.94. The Labute approximate surface area is 124 Å². The highest BCUT2D eigenvalue weighted by molar-refractivity contribution is 5.98. The third-order valence-electron chi connectivity index (χ3n) is 2.94. The summed E-state index contributed by atoms with van der Waals surface area (Å²) in [4.78, 5) is 20.5. The molecule has 1 amide bonds. The molecule has 2 heterocycles. The number of aromatic nitrogens is 2. The first-order valence-corrected chi connectivity index (χ1v) is 7.15. The van der Waals surface area contributed by atoms with Crippen LogP contribution in [0.2, 0.25) is 0 Å². The normalized spacial score (nSPS) is 10.4. The van der Waals surface area contributed by atoms with E-state index < -0.39 is 0 Å². The maximum Gasteiger partial charge on any atom is 0.255 e. The van der Waals surface area contributed by atoms with Gasteiger partial charge in [0.05, 0.1) is 18.3 Å². The Morgan fingerprint density at radius 1 is 1.33 bits per heavy atom. The number of nitrogens with one attached hydrogen (secondary N) is 2. The summed E-state index contributed by atoms with van der Waals surface area (Å²) >= 11 is 0. The van der Waals surface area contributed by atoms with Crippen molar-refractivity contribution >= 4 is 11.7 Å². The fourth-order valence-corrected chi connectivity index (χ4v) is 1.82. The predicted octanol–water partition coefficient (Wildman–Crippen LogP) is 2.38. The lowest BCUT2D eigenvalue weighted by molar-refractivity contribution is 0.0947. The molecule has 0 unspecified atom stereocenters. The maximum absolute atomic E-state index is 12.2. The van der Waals surface area contributed by atoms with Gasteiger partial charge in [0.15, 0.2) is 0 Å². The van der Waals surface area contributed by atoms with Crippen molar-refractivity contribution in [2.24, 2.45) is 0 Å². The number of carbonyl (C=O) groups excluding carboxylic acids is 1. The van der Waals surface area contributed by atoms with E-state index in [0.717, 1.165) is 25.1 Å². The van der Waals surface area contributed by atoms with Gasteiger partial charge in [-0.25, -0.2) is 9.97 Å². The Hall–Kier alpha value is -2.37. The van der Waals surface area contributed by atoms with Crippen LogP contribution in [0.1, 0.15) is 42.3 Å². The van der Waals surface area contributed by atoms with Crippen molar-refractivity contribution in [3.63, 3.8) is 0 Å². The van der Waals surface area contributed by atoms with E-state index in [2.05, 4.69) is 27.5 Å². The molecule has 0 radical (unpaired) electrons. The number of carbonyl (C=O) groups is 1. The summed E-state index contributed by atoms with van der Waals surface area (Å²) < 4.78 is 5.46. The van der Waals surface area contributed by atoms with Gasteiger partial charge in [0, 0.05) is 19.2 Å². The molecule has 0 atom stereocenters. The lowest BCUT2D eigenvalue weighted by Crippen LogP contribution is -2.24. The minimum Gasteiger partial charge on any atom is -0.444 e. The molecule has 6 nitrogen and oxygen atoms in total. The molecule has 112 valence electrons. The van der Waals surface area contributed by atoms with Gasteiger partial charge in [0.2, 0.25) is 5.89 Å². The van der Waals surface area contributed by atoms with Crippen molar-refractivity contribution < 1.29 is 9.21 Å². The maximum atomic E-state index is 12.2. The zero-order valence-corrected chi connectivity index (χ0v) is 12.3. The molecule has 0 bridgehead atoms. The van der Waals surface area contributed by atoms with Crippen LogP contribution in [-0.2, 0) is 13.0 Å². The van der Waals surface area contributed by atoms with Crippen molar-refractivity contribution in [2.75, 3.05) is 11.9 Å². The number of hydrogen-bond acceptors (Lipinski definition) is 5. The molecular weight excluding hydrogens is 268 g/mol. The average Bonchev–Trinajstić information content (AvgIpc) is 2.99. The van der Waals surface area contributed by atoms with E-state index in [1.807, 2.05) is 6.92 Å². The zero-order chi connectivity index (χ0) is 15.1.